The van der Waals surface area contributed by atoms with Crippen molar-refractivity contribution in [3.05, 3.63) is 29.8 Å². The highest BCUT2D eigenvalue weighted by Gasteiger charge is 2.14. The van der Waals surface area contributed by atoms with Crippen molar-refractivity contribution in [2.75, 3.05) is 6.61 Å². The van der Waals surface area contributed by atoms with Gasteiger partial charge in [-0.05, 0) is 42.9 Å². The summed E-state index contributed by atoms with van der Waals surface area (Å²) in [7, 11) is 0. The van der Waals surface area contributed by atoms with Gasteiger partial charge in [-0.1, -0.05) is 26.0 Å². The molecule has 8 heteroatoms. The summed E-state index contributed by atoms with van der Waals surface area (Å²) in [6.07, 6.45) is 1.73. The molecule has 0 aliphatic heterocycles. The van der Waals surface area contributed by atoms with Gasteiger partial charge in [-0.2, -0.15) is 0 Å². The molecular weight excluding hydrogens is 316 g/mol. The average Bonchev–Trinajstić information content (AvgIpc) is 2.50. The number of rotatable bonds is 10. The van der Waals surface area contributed by atoms with E-state index in [0.29, 0.717) is 31.3 Å². The van der Waals surface area contributed by atoms with E-state index in [-0.39, 0.29) is 17.9 Å². The Bertz CT molecular complexity index is 521. The van der Waals surface area contributed by atoms with Gasteiger partial charge in [-0.3, -0.25) is 15.3 Å². The Morgan fingerprint density at radius 2 is 2.12 bits per heavy atom. The van der Waals surface area contributed by atoms with Crippen LogP contribution in [-0.2, 0) is 16.1 Å². The molecule has 1 aromatic carbocycles. The fraction of sp³-hybridized carbons (Fsp3) is 0.500. The Hall–Kier alpha value is -2.00. The molecule has 0 radical (unpaired) electrons. The second kappa shape index (κ2) is 10.7. The van der Waals surface area contributed by atoms with Crippen LogP contribution in [0, 0.1) is 5.92 Å². The minimum absolute atomic E-state index is 0.134. The number of nitrogens with one attached hydrogen (secondary N) is 1. The molecule has 1 atom stereocenters. The van der Waals surface area contributed by atoms with E-state index in [9.17, 15) is 9.59 Å². The van der Waals surface area contributed by atoms with Gasteiger partial charge in [0.1, 0.15) is 12.0 Å². The maximum atomic E-state index is 11.8. The van der Waals surface area contributed by atoms with E-state index in [0.717, 1.165) is 5.56 Å². The fourth-order valence-electron chi connectivity index (χ4n) is 2.13. The van der Waals surface area contributed by atoms with Crippen molar-refractivity contribution in [2.45, 2.75) is 39.2 Å². The van der Waals surface area contributed by atoms with Gasteiger partial charge in [0.15, 0.2) is 0 Å². The molecule has 0 fully saturated rings. The number of nitrogens with zero attached hydrogens (tertiary/aromatic N) is 1. The zero-order valence-corrected chi connectivity index (χ0v) is 13.8. The highest BCUT2D eigenvalue weighted by atomic mass is 17.1. The number of aldehydes is 1. The van der Waals surface area contributed by atoms with Gasteiger partial charge >= 0.3 is 6.09 Å². The Morgan fingerprint density at radius 1 is 1.38 bits per heavy atom. The number of amides is 1. The van der Waals surface area contributed by atoms with Gasteiger partial charge in [-0.25, -0.2) is 4.79 Å². The van der Waals surface area contributed by atoms with E-state index in [1.54, 1.807) is 18.2 Å². The number of hydrogen-bond acceptors (Lipinski definition) is 7. The number of hydrogen-bond donors (Lipinski definition) is 3. The first-order chi connectivity index (χ1) is 11.4. The van der Waals surface area contributed by atoms with Crippen molar-refractivity contribution in [2.24, 2.45) is 5.92 Å². The van der Waals surface area contributed by atoms with Crippen LogP contribution in [-0.4, -0.2) is 40.8 Å². The summed E-state index contributed by atoms with van der Waals surface area (Å²) in [5.41, 5.74) is 0.903. The first-order valence-corrected chi connectivity index (χ1v) is 7.74. The predicted molar refractivity (Wildman–Crippen MR) is 84.6 cm³/mol. The zero-order chi connectivity index (χ0) is 17.9. The van der Waals surface area contributed by atoms with E-state index in [1.807, 2.05) is 19.9 Å². The summed E-state index contributed by atoms with van der Waals surface area (Å²) in [5.74, 6) is 0.644. The lowest BCUT2D eigenvalue weighted by Crippen LogP contribution is -2.38. The topological polar surface area (TPSA) is 108 Å². The minimum atomic E-state index is -0.676. The van der Waals surface area contributed by atoms with Crippen LogP contribution in [0.4, 0.5) is 4.79 Å². The molecule has 1 unspecified atom stereocenters. The minimum Gasteiger partial charge on any atom is -0.410 e. The van der Waals surface area contributed by atoms with Crippen molar-refractivity contribution in [1.29, 1.82) is 0 Å². The first-order valence-electron chi connectivity index (χ1n) is 7.74. The van der Waals surface area contributed by atoms with Crippen LogP contribution in [0.3, 0.4) is 0 Å². The average molecular weight is 340 g/mol. The number of aryl methyl sites for hydroxylation is 1. The highest BCUT2D eigenvalue weighted by molar-refractivity contribution is 5.75. The molecule has 1 rings (SSSR count). The summed E-state index contributed by atoms with van der Waals surface area (Å²) in [6, 6.07) is 6.37. The number of carbonyl (C=O) groups is 2. The summed E-state index contributed by atoms with van der Waals surface area (Å²) >= 11 is 0. The van der Waals surface area contributed by atoms with Crippen molar-refractivity contribution in [1.82, 2.24) is 10.7 Å². The van der Waals surface area contributed by atoms with Crippen LogP contribution in [0.15, 0.2) is 24.3 Å². The van der Waals surface area contributed by atoms with Gasteiger partial charge in [0.05, 0.1) is 18.0 Å². The Balaban J connectivity index is 2.48. The van der Waals surface area contributed by atoms with E-state index in [4.69, 9.17) is 15.2 Å². The van der Waals surface area contributed by atoms with Crippen molar-refractivity contribution in [3.63, 3.8) is 0 Å². The second-order valence-electron chi connectivity index (χ2n) is 5.74. The normalized spacial score (nSPS) is 12.2. The number of benzene rings is 1. The third kappa shape index (κ3) is 8.59. The third-order valence-electron chi connectivity index (χ3n) is 3.12. The largest absolute Gasteiger partial charge is 0.413 e. The van der Waals surface area contributed by atoms with E-state index >= 15 is 0 Å². The van der Waals surface area contributed by atoms with Crippen molar-refractivity contribution in [3.8, 4) is 5.75 Å². The summed E-state index contributed by atoms with van der Waals surface area (Å²) < 4.78 is 5.19. The summed E-state index contributed by atoms with van der Waals surface area (Å²) in [5, 5.41) is 19.0. The molecule has 134 valence electrons. The molecule has 0 aromatic heterocycles. The van der Waals surface area contributed by atoms with E-state index < -0.39 is 12.1 Å². The van der Waals surface area contributed by atoms with Crippen molar-refractivity contribution < 1.29 is 29.6 Å². The van der Waals surface area contributed by atoms with Crippen LogP contribution >= 0.6 is 0 Å². The molecule has 3 N–H and O–H groups in total. The van der Waals surface area contributed by atoms with Crippen LogP contribution in [0.1, 0.15) is 32.3 Å². The van der Waals surface area contributed by atoms with E-state index in [2.05, 4.69) is 10.2 Å². The molecule has 0 aliphatic rings. The molecule has 0 aliphatic carbocycles. The molecular formula is C16H24N2O6. The summed E-state index contributed by atoms with van der Waals surface area (Å²) in [4.78, 5) is 27.3. The lowest BCUT2D eigenvalue weighted by atomic mass is 10.1. The lowest BCUT2D eigenvalue weighted by molar-refractivity contribution is -0.492. The van der Waals surface area contributed by atoms with E-state index in [1.165, 1.54) is 0 Å². The van der Waals surface area contributed by atoms with Crippen molar-refractivity contribution >= 4 is 12.4 Å². The maximum absolute atomic E-state index is 11.8. The molecule has 0 spiro atoms. The fourth-order valence-corrected chi connectivity index (χ4v) is 2.13. The van der Waals surface area contributed by atoms with Crippen LogP contribution in [0.5, 0.6) is 5.75 Å². The molecule has 0 saturated carbocycles. The Labute approximate surface area is 140 Å². The number of carbonyl (C=O) groups excluding carboxylic acids is 2. The molecule has 0 heterocycles. The van der Waals surface area contributed by atoms with Crippen LogP contribution in [0.25, 0.3) is 0 Å². The predicted octanol–water partition coefficient (Wildman–Crippen LogP) is 2.33. The Morgan fingerprint density at radius 3 is 2.75 bits per heavy atom. The number of ether oxygens (including phenoxy) is 1. The van der Waals surface area contributed by atoms with Gasteiger partial charge in [-0.15, -0.1) is 0 Å². The molecule has 1 amide bonds. The third-order valence-corrected chi connectivity index (χ3v) is 3.12. The monoisotopic (exact) mass is 340 g/mol. The van der Waals surface area contributed by atoms with Crippen LogP contribution < -0.4 is 10.1 Å². The van der Waals surface area contributed by atoms with Gasteiger partial charge in [0, 0.05) is 0 Å². The molecule has 24 heavy (non-hydrogen) atoms. The second-order valence-corrected chi connectivity index (χ2v) is 5.74. The standard InChI is InChI=1S/C16H24N2O6/c1-12(2)9-14(11-19)17-16(20)24-15-7-3-5-13(10-15)6-4-8-23-18(21)22/h3,5,7,10-12,14,21-22H,4,6,8-9H2,1-2H3,(H,17,20). The zero-order valence-electron chi connectivity index (χ0n) is 13.8. The van der Waals surface area contributed by atoms with Gasteiger partial charge < -0.3 is 14.8 Å². The Kier molecular flexibility index (Phi) is 8.95. The molecule has 0 bridgehead atoms. The molecule has 1 aromatic rings. The van der Waals surface area contributed by atoms with Gasteiger partial charge in [0.25, 0.3) is 0 Å². The highest BCUT2D eigenvalue weighted by Crippen LogP contribution is 2.15. The lowest BCUT2D eigenvalue weighted by Gasteiger charge is -2.14. The SMILES string of the molecule is CC(C)CC(C=O)NC(=O)Oc1cccc(CCCON(O)O)c1. The van der Waals surface area contributed by atoms with Gasteiger partial charge in [0.2, 0.25) is 0 Å². The maximum Gasteiger partial charge on any atom is 0.413 e. The first kappa shape index (κ1) is 20.0. The smallest absolute Gasteiger partial charge is 0.410 e. The molecule has 0 saturated heterocycles. The van der Waals surface area contributed by atoms with Crippen LogP contribution in [0.2, 0.25) is 0 Å². The molecule has 8 nitrogen and oxygen atoms in total. The summed E-state index contributed by atoms with van der Waals surface area (Å²) in [6.45, 7) is 4.06. The quantitative estimate of drug-likeness (QED) is 0.341.